The van der Waals surface area contributed by atoms with Crippen LogP contribution in [0, 0.1) is 0 Å². The first-order chi connectivity index (χ1) is 30.0. The molecule has 0 atom stereocenters. The fourth-order valence-corrected chi connectivity index (χ4v) is 11.5. The van der Waals surface area contributed by atoms with Crippen LogP contribution in [-0.4, -0.2) is 15.8 Å². The Kier molecular flexibility index (Phi) is 6.40. The van der Waals surface area contributed by atoms with Crippen LogP contribution in [-0.2, 0) is 10.8 Å². The van der Waals surface area contributed by atoms with Gasteiger partial charge < -0.3 is 13.6 Å². The summed E-state index contributed by atoms with van der Waals surface area (Å²) in [6.07, 6.45) is 0. The van der Waals surface area contributed by atoms with Crippen molar-refractivity contribution in [3.8, 4) is 22.5 Å². The van der Waals surface area contributed by atoms with Crippen molar-refractivity contribution < 1.29 is 4.42 Å². The molecular formula is C58H43BN2O. The van der Waals surface area contributed by atoms with Crippen LogP contribution in [0.3, 0.4) is 0 Å². The molecule has 12 aromatic rings. The van der Waals surface area contributed by atoms with Crippen molar-refractivity contribution in [3.05, 3.63) is 163 Å². The highest BCUT2D eigenvalue weighted by Crippen LogP contribution is 2.45. The van der Waals surface area contributed by atoms with Gasteiger partial charge in [0.25, 0.3) is 6.71 Å². The van der Waals surface area contributed by atoms with Gasteiger partial charge in [0, 0.05) is 54.7 Å². The highest BCUT2D eigenvalue weighted by Gasteiger charge is 2.43. The average molecular weight is 795 g/mol. The Morgan fingerprint density at radius 1 is 0.403 bits per heavy atom. The van der Waals surface area contributed by atoms with Crippen molar-refractivity contribution in [2.24, 2.45) is 0 Å². The SMILES string of the molecule is CC(C)(C)c1ccc2c(c1)c1cc(C(C)(C)C)cc3c1n2-c1cc(-c2ccc4c(c2)oc2ccccc24)cc2c1B3c1c3ccccc3cc3c4cc5ccccc5cc4n-2c13. The smallest absolute Gasteiger partial charge is 0.253 e. The van der Waals surface area contributed by atoms with Crippen molar-refractivity contribution in [1.82, 2.24) is 9.13 Å². The topological polar surface area (TPSA) is 23.0 Å². The van der Waals surface area contributed by atoms with E-state index in [0.717, 1.165) is 27.5 Å². The molecule has 2 aliphatic heterocycles. The van der Waals surface area contributed by atoms with Gasteiger partial charge in [-0.15, -0.1) is 0 Å². The molecule has 0 N–H and O–H groups in total. The van der Waals surface area contributed by atoms with E-state index in [1.54, 1.807) is 0 Å². The zero-order valence-corrected chi connectivity index (χ0v) is 35.8. The van der Waals surface area contributed by atoms with Gasteiger partial charge in [-0.1, -0.05) is 126 Å². The Morgan fingerprint density at radius 3 is 1.79 bits per heavy atom. The van der Waals surface area contributed by atoms with Gasteiger partial charge in [-0.05, 0) is 138 Å². The van der Waals surface area contributed by atoms with Gasteiger partial charge in [0.15, 0.2) is 0 Å². The highest BCUT2D eigenvalue weighted by atomic mass is 16.3. The Balaban J connectivity index is 1.21. The van der Waals surface area contributed by atoms with E-state index in [-0.39, 0.29) is 17.5 Å². The van der Waals surface area contributed by atoms with E-state index in [1.807, 2.05) is 0 Å². The molecule has 294 valence electrons. The first-order valence-electron chi connectivity index (χ1n) is 22.1. The summed E-state index contributed by atoms with van der Waals surface area (Å²) in [5, 5.41) is 12.7. The predicted molar refractivity (Wildman–Crippen MR) is 265 cm³/mol. The lowest BCUT2D eigenvalue weighted by atomic mass is 9.33. The maximum absolute atomic E-state index is 6.54. The second kappa shape index (κ2) is 11.5. The van der Waals surface area contributed by atoms with E-state index < -0.39 is 0 Å². The molecule has 0 aliphatic carbocycles. The third-order valence-corrected chi connectivity index (χ3v) is 14.5. The van der Waals surface area contributed by atoms with Crippen LogP contribution >= 0.6 is 0 Å². The number of benzene rings is 9. The number of hydrogen-bond donors (Lipinski definition) is 0. The highest BCUT2D eigenvalue weighted by molar-refractivity contribution is 7.01. The number of aromatic nitrogens is 2. The van der Waals surface area contributed by atoms with Crippen molar-refractivity contribution in [3.63, 3.8) is 0 Å². The van der Waals surface area contributed by atoms with E-state index in [2.05, 4.69) is 202 Å². The molecule has 14 rings (SSSR count). The average Bonchev–Trinajstić information content (AvgIpc) is 3.92. The van der Waals surface area contributed by atoms with Gasteiger partial charge >= 0.3 is 0 Å². The van der Waals surface area contributed by atoms with E-state index >= 15 is 0 Å². The van der Waals surface area contributed by atoms with Crippen LogP contribution in [0.25, 0.3) is 110 Å². The maximum Gasteiger partial charge on any atom is 0.253 e. The lowest BCUT2D eigenvalue weighted by Crippen LogP contribution is -2.59. The van der Waals surface area contributed by atoms with Gasteiger partial charge in [-0.25, -0.2) is 0 Å². The van der Waals surface area contributed by atoms with Crippen LogP contribution in [0.15, 0.2) is 156 Å². The molecule has 0 amide bonds. The molecular weight excluding hydrogens is 751 g/mol. The summed E-state index contributed by atoms with van der Waals surface area (Å²) in [4.78, 5) is 0. The molecule has 0 unspecified atom stereocenters. The molecule has 62 heavy (non-hydrogen) atoms. The Labute approximate surface area is 359 Å². The summed E-state index contributed by atoms with van der Waals surface area (Å²) in [7, 11) is 0. The summed E-state index contributed by atoms with van der Waals surface area (Å²) in [6.45, 7) is 14.1. The van der Waals surface area contributed by atoms with Crippen LogP contribution < -0.4 is 16.4 Å². The maximum atomic E-state index is 6.54. The van der Waals surface area contributed by atoms with Crippen molar-refractivity contribution >= 4 is 110 Å². The fourth-order valence-electron chi connectivity index (χ4n) is 11.5. The number of para-hydroxylation sites is 1. The summed E-state index contributed by atoms with van der Waals surface area (Å²) < 4.78 is 11.8. The molecule has 9 aromatic carbocycles. The zero-order valence-electron chi connectivity index (χ0n) is 35.8. The number of rotatable bonds is 1. The van der Waals surface area contributed by atoms with Gasteiger partial charge in [-0.3, -0.25) is 0 Å². The molecule has 0 bridgehead atoms. The number of hydrogen-bond acceptors (Lipinski definition) is 1. The standard InChI is InChI=1S/C58H43BN2O/c1-57(2,3)37-20-22-47-43(29-37)45-30-38(58(4,5)6)31-46-55(45)60(47)49-26-36(34-19-21-41-40-17-11-12-18-51(40)62-52(41)28-34)27-50-54(49)59(46)53-39-16-10-9-15-35(39)24-44-42-23-32-13-7-8-14-33(32)25-48(42)61(50)56(44)53/h7-31H,1-6H3. The van der Waals surface area contributed by atoms with E-state index in [1.165, 1.54) is 110 Å². The number of nitrogens with zero attached hydrogens (tertiary/aromatic N) is 2. The minimum Gasteiger partial charge on any atom is -0.456 e. The fraction of sp³-hybridized carbons (Fsp3) is 0.138. The molecule has 0 fully saturated rings. The lowest BCUT2D eigenvalue weighted by molar-refractivity contribution is 0.590. The first kappa shape index (κ1) is 34.7. The van der Waals surface area contributed by atoms with E-state index in [4.69, 9.17) is 4.42 Å². The van der Waals surface area contributed by atoms with E-state index in [0.29, 0.717) is 0 Å². The largest absolute Gasteiger partial charge is 0.456 e. The monoisotopic (exact) mass is 794 g/mol. The van der Waals surface area contributed by atoms with Crippen molar-refractivity contribution in [1.29, 1.82) is 0 Å². The second-order valence-electron chi connectivity index (χ2n) is 20.2. The quantitative estimate of drug-likeness (QED) is 0.152. The van der Waals surface area contributed by atoms with Gasteiger partial charge in [0.05, 0.1) is 11.0 Å². The molecule has 2 aliphatic rings. The van der Waals surface area contributed by atoms with Crippen molar-refractivity contribution in [2.75, 3.05) is 0 Å². The summed E-state index contributed by atoms with van der Waals surface area (Å²) in [5.74, 6) is 0. The summed E-state index contributed by atoms with van der Waals surface area (Å²) >= 11 is 0. The second-order valence-corrected chi connectivity index (χ2v) is 20.2. The molecule has 0 saturated heterocycles. The third-order valence-electron chi connectivity index (χ3n) is 14.5. The van der Waals surface area contributed by atoms with Crippen LogP contribution in [0.4, 0.5) is 0 Å². The summed E-state index contributed by atoms with van der Waals surface area (Å²) in [5.41, 5.74) is 18.6. The molecule has 4 heteroatoms. The molecule has 3 nitrogen and oxygen atoms in total. The molecule has 5 heterocycles. The molecule has 0 spiro atoms. The first-order valence-corrected chi connectivity index (χ1v) is 22.1. The molecule has 0 radical (unpaired) electrons. The Hall–Kier alpha value is -7.04. The van der Waals surface area contributed by atoms with Gasteiger partial charge in [-0.2, -0.15) is 0 Å². The lowest BCUT2D eigenvalue weighted by Gasteiger charge is -2.35. The third kappa shape index (κ3) is 4.42. The number of fused-ring (bicyclic) bond motifs is 16. The van der Waals surface area contributed by atoms with Gasteiger partial charge in [0.2, 0.25) is 0 Å². The van der Waals surface area contributed by atoms with Crippen LogP contribution in [0.2, 0.25) is 0 Å². The van der Waals surface area contributed by atoms with Gasteiger partial charge in [0.1, 0.15) is 11.2 Å². The minimum absolute atomic E-state index is 0.00950. The van der Waals surface area contributed by atoms with E-state index in [9.17, 15) is 0 Å². The Bertz CT molecular complexity index is 4010. The zero-order chi connectivity index (χ0) is 41.6. The molecule has 3 aromatic heterocycles. The Morgan fingerprint density at radius 2 is 1.02 bits per heavy atom. The normalized spacial score (nSPS) is 13.6. The molecule has 0 saturated carbocycles. The number of furan rings is 1. The van der Waals surface area contributed by atoms with Crippen LogP contribution in [0.1, 0.15) is 52.7 Å². The van der Waals surface area contributed by atoms with Crippen LogP contribution in [0.5, 0.6) is 0 Å². The summed E-state index contributed by atoms with van der Waals surface area (Å²) in [6, 6.07) is 57.8. The van der Waals surface area contributed by atoms with Crippen molar-refractivity contribution in [2.45, 2.75) is 52.4 Å². The predicted octanol–water partition coefficient (Wildman–Crippen LogP) is 13.5. The minimum atomic E-state index is -0.0548.